The minimum Gasteiger partial charge on any atom is -0.407 e. The maximum Gasteiger partial charge on any atom is 0.494 e. The molecule has 1 aromatic carbocycles. The van der Waals surface area contributed by atoms with Gasteiger partial charge in [-0.05, 0) is 18.1 Å². The minimum absolute atomic E-state index is 0.119. The van der Waals surface area contributed by atoms with Crippen LogP contribution in [0.3, 0.4) is 0 Å². The predicted octanol–water partition coefficient (Wildman–Crippen LogP) is 1.17. The van der Waals surface area contributed by atoms with Gasteiger partial charge in [0, 0.05) is 25.2 Å². The number of hydrogen-bond acceptors (Lipinski definition) is 3. The average molecular weight is 233 g/mol. The molecule has 0 amide bonds. The van der Waals surface area contributed by atoms with Crippen molar-refractivity contribution >= 4 is 12.6 Å². The van der Waals surface area contributed by atoms with Crippen molar-refractivity contribution in [2.75, 3.05) is 20.3 Å². The van der Waals surface area contributed by atoms with E-state index in [2.05, 4.69) is 31.3 Å². The van der Waals surface area contributed by atoms with E-state index in [9.17, 15) is 0 Å². The third-order valence-corrected chi connectivity index (χ3v) is 2.93. The van der Waals surface area contributed by atoms with E-state index in [1.807, 2.05) is 19.2 Å². The van der Waals surface area contributed by atoms with E-state index >= 15 is 0 Å². The molecule has 92 valence electrons. The number of benzene rings is 1. The molecule has 0 unspecified atom stereocenters. The van der Waals surface area contributed by atoms with Crippen LogP contribution in [-0.2, 0) is 15.9 Å². The molecule has 2 rings (SSSR count). The van der Waals surface area contributed by atoms with E-state index < -0.39 is 0 Å². The van der Waals surface area contributed by atoms with Crippen molar-refractivity contribution in [3.63, 3.8) is 0 Å². The summed E-state index contributed by atoms with van der Waals surface area (Å²) in [6, 6.07) is 8.26. The zero-order chi connectivity index (χ0) is 12.3. The highest BCUT2D eigenvalue weighted by Gasteiger charge is 2.34. The zero-order valence-corrected chi connectivity index (χ0v) is 10.8. The van der Waals surface area contributed by atoms with Crippen molar-refractivity contribution < 1.29 is 9.31 Å². The monoisotopic (exact) mass is 233 g/mol. The van der Waals surface area contributed by atoms with Crippen LogP contribution in [0.15, 0.2) is 24.3 Å². The van der Waals surface area contributed by atoms with Crippen LogP contribution in [0, 0.1) is 5.41 Å². The van der Waals surface area contributed by atoms with Crippen molar-refractivity contribution in [3.05, 3.63) is 29.8 Å². The molecule has 0 saturated carbocycles. The Labute approximate surface area is 104 Å². The Kier molecular flexibility index (Phi) is 3.87. The highest BCUT2D eigenvalue weighted by atomic mass is 16.6. The first-order chi connectivity index (χ1) is 8.12. The Balaban J connectivity index is 2.12. The smallest absolute Gasteiger partial charge is 0.407 e. The first-order valence-corrected chi connectivity index (χ1v) is 6.08. The van der Waals surface area contributed by atoms with Gasteiger partial charge in [0.05, 0.1) is 0 Å². The topological polar surface area (TPSA) is 30.5 Å². The third kappa shape index (κ3) is 3.09. The molecule has 1 aromatic rings. The Morgan fingerprint density at radius 1 is 1.24 bits per heavy atom. The summed E-state index contributed by atoms with van der Waals surface area (Å²) in [6.07, 6.45) is 0. The van der Waals surface area contributed by atoms with Gasteiger partial charge in [0.25, 0.3) is 0 Å². The van der Waals surface area contributed by atoms with Crippen molar-refractivity contribution in [1.82, 2.24) is 5.32 Å². The van der Waals surface area contributed by atoms with E-state index in [0.717, 1.165) is 25.2 Å². The van der Waals surface area contributed by atoms with Crippen molar-refractivity contribution in [2.45, 2.75) is 20.4 Å². The largest absolute Gasteiger partial charge is 0.494 e. The van der Waals surface area contributed by atoms with E-state index in [0.29, 0.717) is 0 Å². The summed E-state index contributed by atoms with van der Waals surface area (Å²) in [5, 5.41) is 3.17. The van der Waals surface area contributed by atoms with E-state index in [1.54, 1.807) is 0 Å². The Morgan fingerprint density at radius 3 is 2.53 bits per heavy atom. The first kappa shape index (κ1) is 12.6. The predicted molar refractivity (Wildman–Crippen MR) is 70.3 cm³/mol. The lowest BCUT2D eigenvalue weighted by molar-refractivity contribution is 0.0342. The molecule has 3 nitrogen and oxygen atoms in total. The maximum absolute atomic E-state index is 5.82. The molecule has 0 bridgehead atoms. The second-order valence-electron chi connectivity index (χ2n) is 5.35. The fourth-order valence-electron chi connectivity index (χ4n) is 1.99. The molecule has 0 radical (unpaired) electrons. The van der Waals surface area contributed by atoms with Gasteiger partial charge in [-0.2, -0.15) is 0 Å². The summed E-state index contributed by atoms with van der Waals surface area (Å²) in [6.45, 7) is 6.63. The van der Waals surface area contributed by atoms with Crippen LogP contribution in [0.25, 0.3) is 0 Å². The van der Waals surface area contributed by atoms with Gasteiger partial charge < -0.3 is 14.6 Å². The molecule has 17 heavy (non-hydrogen) atoms. The Bertz CT molecular complexity index is 371. The van der Waals surface area contributed by atoms with Crippen LogP contribution in [0.2, 0.25) is 0 Å². The number of nitrogens with one attached hydrogen (secondary N) is 1. The van der Waals surface area contributed by atoms with E-state index in [1.165, 1.54) is 5.56 Å². The standard InChI is InChI=1S/C13H20BNO2/c1-13(2)9-16-14(17-10-13)12-7-5-4-6-11(12)8-15-3/h4-7,15H,8-10H2,1-3H3. The molecule has 0 aromatic heterocycles. The summed E-state index contributed by atoms with van der Waals surface area (Å²) in [4.78, 5) is 0. The van der Waals surface area contributed by atoms with Crippen LogP contribution >= 0.6 is 0 Å². The second-order valence-corrected chi connectivity index (χ2v) is 5.35. The third-order valence-electron chi connectivity index (χ3n) is 2.93. The molecule has 0 spiro atoms. The molecule has 1 N–H and O–H groups in total. The lowest BCUT2D eigenvalue weighted by Crippen LogP contribution is -2.48. The van der Waals surface area contributed by atoms with E-state index in [4.69, 9.17) is 9.31 Å². The SMILES string of the molecule is CNCc1ccccc1B1OCC(C)(C)CO1. The lowest BCUT2D eigenvalue weighted by Gasteiger charge is -2.33. The summed E-state index contributed by atoms with van der Waals surface area (Å²) < 4.78 is 11.6. The summed E-state index contributed by atoms with van der Waals surface area (Å²) in [7, 11) is 1.73. The number of rotatable bonds is 3. The molecule has 1 saturated heterocycles. The fraction of sp³-hybridized carbons (Fsp3) is 0.538. The van der Waals surface area contributed by atoms with Crippen molar-refractivity contribution in [2.24, 2.45) is 5.41 Å². The van der Waals surface area contributed by atoms with Gasteiger partial charge >= 0.3 is 7.12 Å². The summed E-state index contributed by atoms with van der Waals surface area (Å²) in [5.41, 5.74) is 2.49. The normalized spacial score (nSPS) is 19.4. The molecule has 1 heterocycles. The molecule has 1 fully saturated rings. The maximum atomic E-state index is 5.82. The highest BCUT2D eigenvalue weighted by molar-refractivity contribution is 6.62. The fourth-order valence-corrected chi connectivity index (χ4v) is 1.99. The molecule has 1 aliphatic heterocycles. The Hall–Kier alpha value is -0.835. The van der Waals surface area contributed by atoms with Crippen LogP contribution in [0.1, 0.15) is 19.4 Å². The van der Waals surface area contributed by atoms with Gasteiger partial charge in [-0.1, -0.05) is 38.1 Å². The molecule has 4 heteroatoms. The summed E-state index contributed by atoms with van der Waals surface area (Å²) in [5.74, 6) is 0. The van der Waals surface area contributed by atoms with Gasteiger partial charge in [0.1, 0.15) is 0 Å². The quantitative estimate of drug-likeness (QED) is 0.795. The van der Waals surface area contributed by atoms with Gasteiger partial charge in [-0.25, -0.2) is 0 Å². The van der Waals surface area contributed by atoms with Crippen LogP contribution < -0.4 is 10.8 Å². The minimum atomic E-state index is -0.215. The molecular weight excluding hydrogens is 213 g/mol. The van der Waals surface area contributed by atoms with Gasteiger partial charge in [0.2, 0.25) is 0 Å². The van der Waals surface area contributed by atoms with E-state index in [-0.39, 0.29) is 12.5 Å². The first-order valence-electron chi connectivity index (χ1n) is 6.08. The molecule has 0 atom stereocenters. The number of hydrogen-bond donors (Lipinski definition) is 1. The molecule has 1 aliphatic rings. The molecule has 0 aliphatic carbocycles. The zero-order valence-electron chi connectivity index (χ0n) is 10.8. The van der Waals surface area contributed by atoms with Crippen LogP contribution in [-0.4, -0.2) is 27.4 Å². The van der Waals surface area contributed by atoms with Gasteiger partial charge in [-0.15, -0.1) is 0 Å². The lowest BCUT2D eigenvalue weighted by atomic mass is 9.73. The average Bonchev–Trinajstić information content (AvgIpc) is 2.31. The summed E-state index contributed by atoms with van der Waals surface area (Å²) >= 11 is 0. The Morgan fingerprint density at radius 2 is 1.88 bits per heavy atom. The van der Waals surface area contributed by atoms with Gasteiger partial charge in [-0.3, -0.25) is 0 Å². The van der Waals surface area contributed by atoms with Crippen LogP contribution in [0.5, 0.6) is 0 Å². The van der Waals surface area contributed by atoms with Crippen LogP contribution in [0.4, 0.5) is 0 Å². The second kappa shape index (κ2) is 5.21. The van der Waals surface area contributed by atoms with Crippen molar-refractivity contribution in [3.8, 4) is 0 Å². The highest BCUT2D eigenvalue weighted by Crippen LogP contribution is 2.21. The van der Waals surface area contributed by atoms with Gasteiger partial charge in [0.15, 0.2) is 0 Å². The molecular formula is C13H20BNO2. The van der Waals surface area contributed by atoms with Crippen molar-refractivity contribution in [1.29, 1.82) is 0 Å².